The van der Waals surface area contributed by atoms with Crippen LogP contribution in [0, 0.1) is 0 Å². The fourth-order valence-corrected chi connectivity index (χ4v) is 3.96. The van der Waals surface area contributed by atoms with Crippen LogP contribution in [0.2, 0.25) is 0 Å². The average molecular weight is 418 g/mol. The first-order valence-corrected chi connectivity index (χ1v) is 10.6. The lowest BCUT2D eigenvalue weighted by atomic mass is 10.1. The average Bonchev–Trinajstić information content (AvgIpc) is 3.22. The Bertz CT molecular complexity index is 760. The Balaban J connectivity index is 1.19. The van der Waals surface area contributed by atoms with Crippen LogP contribution in [-0.4, -0.2) is 98.9 Å². The van der Waals surface area contributed by atoms with Gasteiger partial charge in [-0.1, -0.05) is 6.07 Å². The molecular weight excluding hydrogens is 388 g/mol. The van der Waals surface area contributed by atoms with Crippen molar-refractivity contribution in [2.45, 2.75) is 13.0 Å². The van der Waals surface area contributed by atoms with E-state index in [0.29, 0.717) is 58.2 Å². The number of rotatable bonds is 6. The summed E-state index contributed by atoms with van der Waals surface area (Å²) < 4.78 is 16.1. The van der Waals surface area contributed by atoms with Gasteiger partial charge in [-0.3, -0.25) is 19.4 Å². The molecule has 1 N–H and O–H groups in total. The number of carbonyl (C=O) groups excluding carboxylic acids is 2. The molecule has 3 aliphatic heterocycles. The molecule has 4 rings (SSSR count). The lowest BCUT2D eigenvalue weighted by molar-refractivity contribution is -0.135. The summed E-state index contributed by atoms with van der Waals surface area (Å²) in [5, 5.41) is 3.05. The highest BCUT2D eigenvalue weighted by Crippen LogP contribution is 2.34. The van der Waals surface area contributed by atoms with Gasteiger partial charge >= 0.3 is 0 Å². The molecule has 164 valence electrons. The molecule has 1 aromatic rings. The fraction of sp³-hybridized carbons (Fsp3) is 0.619. The Labute approximate surface area is 176 Å². The molecule has 2 saturated heterocycles. The zero-order valence-corrected chi connectivity index (χ0v) is 17.5. The van der Waals surface area contributed by atoms with Crippen molar-refractivity contribution in [1.29, 1.82) is 0 Å². The van der Waals surface area contributed by atoms with E-state index >= 15 is 0 Å². The molecule has 3 heterocycles. The van der Waals surface area contributed by atoms with E-state index in [9.17, 15) is 9.59 Å². The number of nitrogens with zero attached hydrogens (tertiary/aromatic N) is 3. The molecule has 1 atom stereocenters. The highest BCUT2D eigenvalue weighted by Gasteiger charge is 2.25. The van der Waals surface area contributed by atoms with Gasteiger partial charge in [-0.2, -0.15) is 0 Å². The molecule has 0 radical (unpaired) electrons. The second kappa shape index (κ2) is 9.63. The third kappa shape index (κ3) is 5.21. The molecular formula is C21H30N4O5. The number of carbonyl (C=O) groups is 2. The Hall–Kier alpha value is -2.36. The predicted octanol–water partition coefficient (Wildman–Crippen LogP) is 0.0689. The molecule has 0 aliphatic carbocycles. The predicted molar refractivity (Wildman–Crippen MR) is 109 cm³/mol. The van der Waals surface area contributed by atoms with E-state index in [2.05, 4.69) is 15.1 Å². The maximum atomic E-state index is 12.5. The van der Waals surface area contributed by atoms with Crippen LogP contribution in [0.3, 0.4) is 0 Å². The van der Waals surface area contributed by atoms with Gasteiger partial charge < -0.3 is 24.4 Å². The zero-order valence-electron chi connectivity index (χ0n) is 17.5. The van der Waals surface area contributed by atoms with Crippen molar-refractivity contribution >= 4 is 11.8 Å². The summed E-state index contributed by atoms with van der Waals surface area (Å²) in [7, 11) is 0. The molecule has 1 unspecified atom stereocenters. The van der Waals surface area contributed by atoms with Crippen LogP contribution in [0.15, 0.2) is 18.2 Å². The van der Waals surface area contributed by atoms with Crippen molar-refractivity contribution in [2.24, 2.45) is 0 Å². The lowest BCUT2D eigenvalue weighted by Crippen LogP contribution is -2.53. The second-order valence-electron chi connectivity index (χ2n) is 7.95. The number of fused-ring (bicyclic) bond motifs is 1. The largest absolute Gasteiger partial charge is 0.454 e. The smallest absolute Gasteiger partial charge is 0.236 e. The first kappa shape index (κ1) is 20.9. The molecule has 0 aromatic heterocycles. The van der Waals surface area contributed by atoms with Crippen LogP contribution in [0.5, 0.6) is 11.5 Å². The van der Waals surface area contributed by atoms with E-state index in [1.54, 1.807) is 0 Å². The van der Waals surface area contributed by atoms with Crippen molar-refractivity contribution in [3.8, 4) is 11.5 Å². The minimum atomic E-state index is -0.122. The van der Waals surface area contributed by atoms with Crippen LogP contribution in [0.1, 0.15) is 18.5 Å². The number of benzene rings is 1. The number of morpholine rings is 1. The molecule has 9 nitrogen and oxygen atoms in total. The van der Waals surface area contributed by atoms with E-state index in [1.807, 2.05) is 30.0 Å². The van der Waals surface area contributed by atoms with Gasteiger partial charge in [0.05, 0.1) is 32.3 Å². The van der Waals surface area contributed by atoms with Gasteiger partial charge in [-0.25, -0.2) is 0 Å². The zero-order chi connectivity index (χ0) is 20.9. The van der Waals surface area contributed by atoms with E-state index in [1.165, 1.54) is 0 Å². The van der Waals surface area contributed by atoms with E-state index in [-0.39, 0.29) is 24.6 Å². The molecule has 1 aromatic carbocycles. The van der Waals surface area contributed by atoms with Crippen LogP contribution in [0.4, 0.5) is 0 Å². The molecule has 0 bridgehead atoms. The highest BCUT2D eigenvalue weighted by molar-refractivity contribution is 5.79. The van der Waals surface area contributed by atoms with Crippen LogP contribution >= 0.6 is 0 Å². The Morgan fingerprint density at radius 2 is 1.67 bits per heavy atom. The molecule has 2 fully saturated rings. The van der Waals surface area contributed by atoms with Crippen LogP contribution in [-0.2, 0) is 14.3 Å². The van der Waals surface area contributed by atoms with E-state index < -0.39 is 0 Å². The summed E-state index contributed by atoms with van der Waals surface area (Å²) >= 11 is 0. The third-order valence-corrected chi connectivity index (χ3v) is 5.83. The molecule has 0 saturated carbocycles. The van der Waals surface area contributed by atoms with E-state index in [0.717, 1.165) is 24.4 Å². The number of nitrogens with one attached hydrogen (secondary N) is 1. The maximum Gasteiger partial charge on any atom is 0.236 e. The van der Waals surface area contributed by atoms with Crippen molar-refractivity contribution in [3.05, 3.63) is 23.8 Å². The number of piperazine rings is 1. The molecule has 0 spiro atoms. The Kier molecular flexibility index (Phi) is 6.71. The number of amides is 2. The summed E-state index contributed by atoms with van der Waals surface area (Å²) in [5.41, 5.74) is 0.978. The van der Waals surface area contributed by atoms with Crippen molar-refractivity contribution < 1.29 is 23.8 Å². The first-order chi connectivity index (χ1) is 14.6. The van der Waals surface area contributed by atoms with Gasteiger partial charge in [-0.15, -0.1) is 0 Å². The number of ether oxygens (including phenoxy) is 3. The molecule has 2 amide bonds. The monoisotopic (exact) mass is 418 g/mol. The normalized spacial score (nSPS) is 20.8. The van der Waals surface area contributed by atoms with Gasteiger partial charge in [0, 0.05) is 39.3 Å². The lowest BCUT2D eigenvalue weighted by Gasteiger charge is -2.36. The van der Waals surface area contributed by atoms with Gasteiger partial charge in [0.25, 0.3) is 0 Å². The SMILES string of the molecule is CC(NC(=O)CN1CCN(C(=O)CN2CCOCC2)CC1)c1ccc2c(c1)OCO2. The maximum absolute atomic E-state index is 12.5. The van der Waals surface area contributed by atoms with Crippen molar-refractivity contribution in [3.63, 3.8) is 0 Å². The molecule has 9 heteroatoms. The number of hydrogen-bond acceptors (Lipinski definition) is 7. The fourth-order valence-electron chi connectivity index (χ4n) is 3.96. The van der Waals surface area contributed by atoms with Crippen molar-refractivity contribution in [2.75, 3.05) is 72.4 Å². The molecule has 3 aliphatic rings. The van der Waals surface area contributed by atoms with Crippen LogP contribution < -0.4 is 14.8 Å². The first-order valence-electron chi connectivity index (χ1n) is 10.6. The van der Waals surface area contributed by atoms with Gasteiger partial charge in [0.2, 0.25) is 18.6 Å². The minimum Gasteiger partial charge on any atom is -0.454 e. The molecule has 30 heavy (non-hydrogen) atoms. The van der Waals surface area contributed by atoms with Gasteiger partial charge in [0.1, 0.15) is 0 Å². The topological polar surface area (TPSA) is 83.6 Å². The summed E-state index contributed by atoms with van der Waals surface area (Å²) in [6.45, 7) is 8.74. The summed E-state index contributed by atoms with van der Waals surface area (Å²) in [4.78, 5) is 31.1. The standard InChI is InChI=1S/C21H30N4O5/c1-16(17-2-3-18-19(12-17)30-15-29-18)22-20(26)13-23-4-6-25(7-5-23)21(27)14-24-8-10-28-11-9-24/h2-3,12,16H,4-11,13-15H2,1H3,(H,22,26). The second-order valence-corrected chi connectivity index (χ2v) is 7.95. The van der Waals surface area contributed by atoms with Crippen LogP contribution in [0.25, 0.3) is 0 Å². The third-order valence-electron chi connectivity index (χ3n) is 5.83. The summed E-state index contributed by atoms with van der Waals surface area (Å²) in [6.07, 6.45) is 0. The van der Waals surface area contributed by atoms with Gasteiger partial charge in [0.15, 0.2) is 11.5 Å². The Morgan fingerprint density at radius 1 is 0.967 bits per heavy atom. The highest BCUT2D eigenvalue weighted by atomic mass is 16.7. The minimum absolute atomic E-state index is 0.0201. The summed E-state index contributed by atoms with van der Waals surface area (Å²) in [6, 6.07) is 5.60. The van der Waals surface area contributed by atoms with E-state index in [4.69, 9.17) is 14.2 Å². The van der Waals surface area contributed by atoms with Gasteiger partial charge in [-0.05, 0) is 24.6 Å². The van der Waals surface area contributed by atoms with Crippen molar-refractivity contribution in [1.82, 2.24) is 20.0 Å². The quantitative estimate of drug-likeness (QED) is 0.700. The summed E-state index contributed by atoms with van der Waals surface area (Å²) in [5.74, 6) is 1.59. The Morgan fingerprint density at radius 3 is 2.43 bits per heavy atom. The number of hydrogen-bond donors (Lipinski definition) is 1.